The maximum Gasteiger partial charge on any atom is 0.224 e. The Labute approximate surface area is 285 Å². The molecule has 0 radical (unpaired) electrons. The number of hydrogen-bond acceptors (Lipinski definition) is 12. The highest BCUT2D eigenvalue weighted by molar-refractivity contribution is 5.88. The molecule has 2 aliphatic rings. The molecule has 2 aromatic rings. The summed E-state index contributed by atoms with van der Waals surface area (Å²) in [6.45, 7) is -2.30. The second-order valence-electron chi connectivity index (χ2n) is 12.0. The highest BCUT2D eigenvalue weighted by Crippen LogP contribution is 2.37. The van der Waals surface area contributed by atoms with Gasteiger partial charge in [-0.2, -0.15) is 0 Å². The Balaban J connectivity index is 1.60. The van der Waals surface area contributed by atoms with E-state index in [0.717, 1.165) is 12.1 Å². The lowest BCUT2D eigenvalue weighted by Crippen LogP contribution is -2.61. The van der Waals surface area contributed by atoms with E-state index < -0.39 is 84.8 Å². The molecule has 274 valence electrons. The minimum absolute atomic E-state index is 0.0996. The molecule has 16 nitrogen and oxygen atoms in total. The largest absolute Gasteiger partial charge is 0.394 e. The number of ether oxygens (including phenoxy) is 3. The molecule has 0 aromatic heterocycles. The van der Waals surface area contributed by atoms with Crippen molar-refractivity contribution in [2.45, 2.75) is 82.1 Å². The number of benzene rings is 2. The van der Waals surface area contributed by atoms with E-state index in [1.165, 1.54) is 24.3 Å². The van der Waals surface area contributed by atoms with Crippen LogP contribution in [0.25, 0.3) is 10.4 Å². The summed E-state index contributed by atoms with van der Waals surface area (Å²) in [4.78, 5) is 30.1. The van der Waals surface area contributed by atoms with Crippen molar-refractivity contribution >= 4 is 11.8 Å². The average Bonchev–Trinajstić information content (AvgIpc) is 3.12. The minimum Gasteiger partial charge on any atom is -0.394 e. The number of hydrogen-bond donors (Lipinski definition) is 8. The lowest BCUT2D eigenvalue weighted by Gasteiger charge is -2.44. The van der Waals surface area contributed by atoms with Gasteiger partial charge in [0.1, 0.15) is 36.1 Å². The van der Waals surface area contributed by atoms with Crippen molar-refractivity contribution in [3.8, 4) is 0 Å². The Kier molecular flexibility index (Phi) is 14.4. The molecule has 50 heavy (non-hydrogen) atoms. The summed E-state index contributed by atoms with van der Waals surface area (Å²) in [7, 11) is 0. The highest BCUT2D eigenvalue weighted by Gasteiger charge is 2.49. The first-order valence-electron chi connectivity index (χ1n) is 15.9. The van der Waals surface area contributed by atoms with Crippen LogP contribution in [0.15, 0.2) is 41.5 Å². The van der Waals surface area contributed by atoms with E-state index in [-0.39, 0.29) is 63.4 Å². The van der Waals surface area contributed by atoms with E-state index in [2.05, 4.69) is 20.7 Å². The summed E-state index contributed by atoms with van der Waals surface area (Å²) < 4.78 is 46.7. The Bertz CT molecular complexity index is 1510. The lowest BCUT2D eigenvalue weighted by molar-refractivity contribution is -0.321. The summed E-state index contributed by atoms with van der Waals surface area (Å²) in [6.07, 6.45) is -10.7. The second kappa shape index (κ2) is 18.4. The Hall–Kier alpha value is -3.81. The van der Waals surface area contributed by atoms with Crippen LogP contribution in [0.3, 0.4) is 0 Å². The normalized spacial score (nSPS) is 28.0. The van der Waals surface area contributed by atoms with Crippen LogP contribution in [0.4, 0.5) is 8.78 Å². The number of carbonyl (C=O) groups excluding carboxylic acids is 2. The zero-order valence-electron chi connectivity index (χ0n) is 26.8. The van der Waals surface area contributed by atoms with Gasteiger partial charge in [0.25, 0.3) is 0 Å². The predicted molar refractivity (Wildman–Crippen MR) is 167 cm³/mol. The molecule has 18 heteroatoms. The van der Waals surface area contributed by atoms with Crippen molar-refractivity contribution in [3.63, 3.8) is 0 Å². The van der Waals surface area contributed by atoms with E-state index in [0.29, 0.717) is 11.1 Å². The highest BCUT2D eigenvalue weighted by atomic mass is 19.1. The molecule has 2 amide bonds. The first kappa shape index (κ1) is 39.0. The first-order chi connectivity index (χ1) is 24.0. The molecule has 4 rings (SSSR count). The van der Waals surface area contributed by atoms with Gasteiger partial charge in [-0.15, -0.1) is 0 Å². The standard InChI is InChI=1S/C32H41F2N5O11/c33-22-7-16(13-40)1-3-18(22)11-36-30(46)20-9-24(48-6-5-38-39-35)25(49-32-29(45)28(44)27(43)26(15-42)50-32)10-21(20)31(47)37-12-19-4-2-17(14-41)8-23(19)34/h1-4,7-8,20-21,24-29,32,40-45H,5-6,9-15H2,(H,36,46)(H,37,47)/t20-,21-,24-,25-,26+,27+,28-,29-,32-/m0/s1. The third kappa shape index (κ3) is 9.70. The number of halogens is 2. The maximum atomic E-state index is 14.6. The number of carbonyl (C=O) groups is 2. The second-order valence-corrected chi connectivity index (χ2v) is 12.0. The van der Waals surface area contributed by atoms with Crippen molar-refractivity contribution < 1.29 is 63.2 Å². The fourth-order valence-electron chi connectivity index (χ4n) is 5.96. The molecule has 2 aromatic carbocycles. The monoisotopic (exact) mass is 709 g/mol. The average molecular weight is 710 g/mol. The Morgan fingerprint density at radius 1 is 0.860 bits per heavy atom. The van der Waals surface area contributed by atoms with Crippen LogP contribution in [0.5, 0.6) is 0 Å². The summed E-state index contributed by atoms with van der Waals surface area (Å²) in [5.74, 6) is -5.01. The first-order valence-corrected chi connectivity index (χ1v) is 15.9. The summed E-state index contributed by atoms with van der Waals surface area (Å²) in [6, 6.07) is 8.00. The quantitative estimate of drug-likeness (QED) is 0.0520. The molecule has 0 unspecified atom stereocenters. The molecule has 9 atom stereocenters. The van der Waals surface area contributed by atoms with Gasteiger partial charge in [-0.3, -0.25) is 9.59 Å². The van der Waals surface area contributed by atoms with E-state index in [1.54, 1.807) is 0 Å². The molecule has 0 bridgehead atoms. The summed E-state index contributed by atoms with van der Waals surface area (Å²) in [5, 5.41) is 68.0. The lowest BCUT2D eigenvalue weighted by atomic mass is 9.75. The number of aliphatic hydroxyl groups is 6. The van der Waals surface area contributed by atoms with Gasteiger partial charge in [0.05, 0.1) is 50.5 Å². The van der Waals surface area contributed by atoms with E-state index in [9.17, 15) is 49.0 Å². The number of rotatable bonds is 15. The third-order valence-corrected chi connectivity index (χ3v) is 8.80. The van der Waals surface area contributed by atoms with Gasteiger partial charge in [0.15, 0.2) is 6.29 Å². The summed E-state index contributed by atoms with van der Waals surface area (Å²) in [5.41, 5.74) is 9.54. The number of nitrogens with one attached hydrogen (secondary N) is 2. The molecule has 1 heterocycles. The smallest absolute Gasteiger partial charge is 0.224 e. The van der Waals surface area contributed by atoms with Gasteiger partial charge < -0.3 is 55.5 Å². The Morgan fingerprint density at radius 2 is 1.40 bits per heavy atom. The summed E-state index contributed by atoms with van der Waals surface area (Å²) >= 11 is 0. The number of nitrogens with zero attached hydrogens (tertiary/aromatic N) is 3. The van der Waals surface area contributed by atoms with Crippen molar-refractivity contribution in [1.29, 1.82) is 0 Å². The molecule has 0 spiro atoms. The minimum atomic E-state index is -1.79. The predicted octanol–water partition coefficient (Wildman–Crippen LogP) is -0.211. The van der Waals surface area contributed by atoms with Crippen LogP contribution in [-0.4, -0.2) is 105 Å². The number of aliphatic hydroxyl groups excluding tert-OH is 6. The zero-order chi connectivity index (χ0) is 36.4. The Morgan fingerprint density at radius 3 is 1.88 bits per heavy atom. The topological polar surface area (TPSA) is 256 Å². The SMILES string of the molecule is [N-]=[N+]=NCCO[C@H]1C[C@H](C(=O)NCc2ccc(CO)cc2F)[C@@H](C(=O)NCc2ccc(CO)cc2F)C[C@@H]1O[C@H]1O[C@H](CO)[C@@H](O)[C@H](O)[C@@H]1O. The van der Waals surface area contributed by atoms with Crippen LogP contribution < -0.4 is 10.6 Å². The van der Waals surface area contributed by atoms with E-state index >= 15 is 0 Å². The van der Waals surface area contributed by atoms with Crippen molar-refractivity contribution in [1.82, 2.24) is 10.6 Å². The third-order valence-electron chi connectivity index (χ3n) is 8.80. The maximum absolute atomic E-state index is 14.6. The fraction of sp³-hybridized carbons (Fsp3) is 0.562. The van der Waals surface area contributed by atoms with Crippen LogP contribution in [0.1, 0.15) is 35.1 Å². The zero-order valence-corrected chi connectivity index (χ0v) is 26.8. The fourth-order valence-corrected chi connectivity index (χ4v) is 5.96. The van der Waals surface area contributed by atoms with E-state index in [1.807, 2.05) is 0 Å². The van der Waals surface area contributed by atoms with Gasteiger partial charge in [-0.25, -0.2) is 8.78 Å². The van der Waals surface area contributed by atoms with Crippen LogP contribution >= 0.6 is 0 Å². The van der Waals surface area contributed by atoms with Gasteiger partial charge >= 0.3 is 0 Å². The molecule has 1 aliphatic heterocycles. The van der Waals surface area contributed by atoms with Crippen LogP contribution in [0, 0.1) is 23.5 Å². The molecule has 1 saturated carbocycles. The van der Waals surface area contributed by atoms with Crippen molar-refractivity contribution in [2.75, 3.05) is 19.8 Å². The van der Waals surface area contributed by atoms with Gasteiger partial charge in [-0.05, 0) is 41.6 Å². The molecular weight excluding hydrogens is 668 g/mol. The van der Waals surface area contributed by atoms with Crippen LogP contribution in [-0.2, 0) is 50.1 Å². The number of amides is 2. The van der Waals surface area contributed by atoms with Gasteiger partial charge in [-0.1, -0.05) is 29.4 Å². The van der Waals surface area contributed by atoms with Gasteiger partial charge in [0, 0.05) is 35.7 Å². The van der Waals surface area contributed by atoms with Gasteiger partial charge in [0.2, 0.25) is 11.8 Å². The molecule has 1 aliphatic carbocycles. The van der Waals surface area contributed by atoms with E-state index in [4.69, 9.17) is 19.7 Å². The molecule has 8 N–H and O–H groups in total. The molecule has 1 saturated heterocycles. The van der Waals surface area contributed by atoms with Crippen LogP contribution in [0.2, 0.25) is 0 Å². The molecule has 2 fully saturated rings. The number of azide groups is 1. The molecular formula is C32H41F2N5O11. The van der Waals surface area contributed by atoms with Crippen molar-refractivity contribution in [3.05, 3.63) is 80.7 Å². The van der Waals surface area contributed by atoms with Crippen molar-refractivity contribution in [2.24, 2.45) is 17.0 Å².